The van der Waals surface area contributed by atoms with Gasteiger partial charge in [-0.1, -0.05) is 23.5 Å². The maximum atomic E-state index is 13.1. The number of aromatic nitrogens is 2. The molecule has 0 aliphatic heterocycles. The number of halogens is 1. The summed E-state index contributed by atoms with van der Waals surface area (Å²) in [4.78, 5) is 9.70. The Morgan fingerprint density at radius 3 is 2.55 bits per heavy atom. The molecule has 0 spiro atoms. The van der Waals surface area contributed by atoms with Crippen molar-refractivity contribution < 1.29 is 4.39 Å². The minimum absolute atomic E-state index is 0.241. The van der Waals surface area contributed by atoms with Gasteiger partial charge in [-0.15, -0.1) is 0 Å². The Hall–Kier alpha value is -2.27. The summed E-state index contributed by atoms with van der Waals surface area (Å²) in [6.07, 6.45) is 3.51. The van der Waals surface area contributed by atoms with E-state index in [0.717, 1.165) is 26.8 Å². The SMILES string of the molecule is CNc1nc(-c2cccnc2)c(-c2ccc(F)cc2)s1. The molecule has 0 atom stereocenters. The van der Waals surface area contributed by atoms with Crippen LogP contribution in [0.15, 0.2) is 48.8 Å². The fourth-order valence-corrected chi connectivity index (χ4v) is 2.87. The van der Waals surface area contributed by atoms with Crippen LogP contribution >= 0.6 is 11.3 Å². The third-order valence-electron chi connectivity index (χ3n) is 2.88. The first-order valence-electron chi connectivity index (χ1n) is 6.13. The number of hydrogen-bond donors (Lipinski definition) is 1. The lowest BCUT2D eigenvalue weighted by molar-refractivity contribution is 0.628. The minimum atomic E-state index is -0.241. The predicted octanol–water partition coefficient (Wildman–Crippen LogP) is 4.05. The molecule has 3 nitrogen and oxygen atoms in total. The van der Waals surface area contributed by atoms with Crippen LogP contribution in [0.3, 0.4) is 0 Å². The van der Waals surface area contributed by atoms with Crippen LogP contribution in [-0.4, -0.2) is 17.0 Å². The summed E-state index contributed by atoms with van der Waals surface area (Å²) < 4.78 is 13.1. The van der Waals surface area contributed by atoms with Crippen molar-refractivity contribution in [2.45, 2.75) is 0 Å². The molecule has 0 amide bonds. The van der Waals surface area contributed by atoms with Gasteiger partial charge >= 0.3 is 0 Å². The van der Waals surface area contributed by atoms with Crippen molar-refractivity contribution >= 4 is 16.5 Å². The zero-order valence-corrected chi connectivity index (χ0v) is 11.6. The molecule has 5 heteroatoms. The first-order valence-corrected chi connectivity index (χ1v) is 6.94. The lowest BCUT2D eigenvalue weighted by Crippen LogP contribution is -1.87. The van der Waals surface area contributed by atoms with Gasteiger partial charge in [0.05, 0.1) is 10.6 Å². The van der Waals surface area contributed by atoms with E-state index in [1.165, 1.54) is 12.1 Å². The second kappa shape index (κ2) is 5.38. The molecule has 3 rings (SSSR count). The maximum Gasteiger partial charge on any atom is 0.183 e. The van der Waals surface area contributed by atoms with Crippen LogP contribution in [0, 0.1) is 5.82 Å². The molecule has 0 aliphatic carbocycles. The van der Waals surface area contributed by atoms with Gasteiger partial charge in [0, 0.05) is 25.0 Å². The molecule has 3 aromatic rings. The fourth-order valence-electron chi connectivity index (χ4n) is 1.92. The van der Waals surface area contributed by atoms with Crippen LogP contribution in [0.1, 0.15) is 0 Å². The normalized spacial score (nSPS) is 10.5. The van der Waals surface area contributed by atoms with E-state index in [0.29, 0.717) is 0 Å². The molecule has 2 heterocycles. The van der Waals surface area contributed by atoms with Crippen molar-refractivity contribution in [3.63, 3.8) is 0 Å². The lowest BCUT2D eigenvalue weighted by atomic mass is 10.1. The van der Waals surface area contributed by atoms with E-state index in [4.69, 9.17) is 0 Å². The van der Waals surface area contributed by atoms with Gasteiger partial charge in [0.15, 0.2) is 5.13 Å². The van der Waals surface area contributed by atoms with E-state index in [2.05, 4.69) is 15.3 Å². The molecule has 100 valence electrons. The number of anilines is 1. The van der Waals surface area contributed by atoms with Gasteiger partial charge in [0.2, 0.25) is 0 Å². The monoisotopic (exact) mass is 285 g/mol. The second-order valence-electron chi connectivity index (χ2n) is 4.20. The van der Waals surface area contributed by atoms with E-state index >= 15 is 0 Å². The highest BCUT2D eigenvalue weighted by Gasteiger charge is 2.14. The summed E-state index contributed by atoms with van der Waals surface area (Å²) >= 11 is 1.54. The van der Waals surface area contributed by atoms with E-state index in [-0.39, 0.29) is 5.82 Å². The van der Waals surface area contributed by atoms with Gasteiger partial charge in [-0.3, -0.25) is 4.98 Å². The molecule has 1 N–H and O–H groups in total. The van der Waals surface area contributed by atoms with Crippen molar-refractivity contribution in [2.24, 2.45) is 0 Å². The third kappa shape index (κ3) is 2.40. The second-order valence-corrected chi connectivity index (χ2v) is 5.19. The first kappa shape index (κ1) is 12.7. The summed E-state index contributed by atoms with van der Waals surface area (Å²) in [6.45, 7) is 0. The minimum Gasteiger partial charge on any atom is -0.365 e. The Morgan fingerprint density at radius 1 is 1.10 bits per heavy atom. The van der Waals surface area contributed by atoms with Crippen molar-refractivity contribution in [3.8, 4) is 21.7 Å². The summed E-state index contributed by atoms with van der Waals surface area (Å²) in [5.41, 5.74) is 2.76. The molecule has 20 heavy (non-hydrogen) atoms. The smallest absolute Gasteiger partial charge is 0.183 e. The molecule has 0 fully saturated rings. The lowest BCUT2D eigenvalue weighted by Gasteiger charge is -2.02. The Labute approximate surface area is 120 Å². The molecule has 0 saturated carbocycles. The Morgan fingerprint density at radius 2 is 1.90 bits per heavy atom. The van der Waals surface area contributed by atoms with Crippen molar-refractivity contribution in [1.29, 1.82) is 0 Å². The molecule has 1 aromatic carbocycles. The fraction of sp³-hybridized carbons (Fsp3) is 0.0667. The average Bonchev–Trinajstić information content (AvgIpc) is 2.93. The zero-order valence-electron chi connectivity index (χ0n) is 10.8. The van der Waals surface area contributed by atoms with Crippen molar-refractivity contribution in [1.82, 2.24) is 9.97 Å². The van der Waals surface area contributed by atoms with E-state index in [9.17, 15) is 4.39 Å². The molecular weight excluding hydrogens is 273 g/mol. The molecule has 2 aromatic heterocycles. The van der Waals surface area contributed by atoms with Crippen molar-refractivity contribution in [2.75, 3.05) is 12.4 Å². The number of nitrogens with one attached hydrogen (secondary N) is 1. The topological polar surface area (TPSA) is 37.8 Å². The number of rotatable bonds is 3. The summed E-state index contributed by atoms with van der Waals surface area (Å²) in [6, 6.07) is 10.3. The van der Waals surface area contributed by atoms with E-state index in [1.54, 1.807) is 35.9 Å². The van der Waals surface area contributed by atoms with Crippen LogP contribution in [0.4, 0.5) is 9.52 Å². The number of hydrogen-bond acceptors (Lipinski definition) is 4. The molecule has 0 saturated heterocycles. The third-order valence-corrected chi connectivity index (χ3v) is 4.00. The summed E-state index contributed by atoms with van der Waals surface area (Å²) in [5, 5.41) is 3.87. The highest BCUT2D eigenvalue weighted by Crippen LogP contribution is 2.38. The van der Waals surface area contributed by atoms with E-state index < -0.39 is 0 Å². The Kier molecular flexibility index (Phi) is 3.43. The molecule has 0 aliphatic rings. The van der Waals surface area contributed by atoms with E-state index in [1.807, 2.05) is 19.2 Å². The van der Waals surface area contributed by atoms with Gasteiger partial charge < -0.3 is 5.32 Å². The highest BCUT2D eigenvalue weighted by molar-refractivity contribution is 7.19. The Balaban J connectivity index is 2.15. The number of benzene rings is 1. The van der Waals surface area contributed by atoms with Crippen molar-refractivity contribution in [3.05, 3.63) is 54.6 Å². The number of thiazole rings is 1. The van der Waals surface area contributed by atoms with Gasteiger partial charge in [-0.2, -0.15) is 0 Å². The largest absolute Gasteiger partial charge is 0.365 e. The molecular formula is C15H12FN3S. The first-order chi connectivity index (χ1) is 9.78. The summed E-state index contributed by atoms with van der Waals surface area (Å²) in [7, 11) is 1.83. The van der Waals surface area contributed by atoms with Gasteiger partial charge in [-0.05, 0) is 29.8 Å². The maximum absolute atomic E-state index is 13.1. The molecule has 0 unspecified atom stereocenters. The summed E-state index contributed by atoms with van der Waals surface area (Å²) in [5.74, 6) is -0.241. The van der Waals surface area contributed by atoms with Crippen LogP contribution in [-0.2, 0) is 0 Å². The van der Waals surface area contributed by atoms with Crippen LogP contribution < -0.4 is 5.32 Å². The van der Waals surface area contributed by atoms with Crippen LogP contribution in [0.2, 0.25) is 0 Å². The quantitative estimate of drug-likeness (QED) is 0.788. The number of nitrogens with zero attached hydrogens (tertiary/aromatic N) is 2. The van der Waals surface area contributed by atoms with Gasteiger partial charge in [-0.25, -0.2) is 9.37 Å². The molecule has 0 radical (unpaired) electrons. The van der Waals surface area contributed by atoms with Crippen LogP contribution in [0.25, 0.3) is 21.7 Å². The average molecular weight is 285 g/mol. The molecule has 0 bridgehead atoms. The highest BCUT2D eigenvalue weighted by atomic mass is 32.1. The van der Waals surface area contributed by atoms with Crippen LogP contribution in [0.5, 0.6) is 0 Å². The zero-order chi connectivity index (χ0) is 13.9. The predicted molar refractivity (Wildman–Crippen MR) is 80.3 cm³/mol. The number of pyridine rings is 1. The van der Waals surface area contributed by atoms with Gasteiger partial charge in [0.25, 0.3) is 0 Å². The standard InChI is InChI=1S/C15H12FN3S/c1-17-15-19-13(11-3-2-8-18-9-11)14(20-15)10-4-6-12(16)7-5-10/h2-9H,1H3,(H,17,19). The van der Waals surface area contributed by atoms with Gasteiger partial charge in [0.1, 0.15) is 5.82 Å². The Bertz CT molecular complexity index is 708.